The van der Waals surface area contributed by atoms with E-state index in [0.29, 0.717) is 6.54 Å². The fraction of sp³-hybridized carbons (Fsp3) is 0.588. The van der Waals surface area contributed by atoms with Crippen LogP contribution in [0, 0.1) is 0 Å². The summed E-state index contributed by atoms with van der Waals surface area (Å²) < 4.78 is 2.26. The second-order valence-electron chi connectivity index (χ2n) is 6.69. The van der Waals surface area contributed by atoms with Gasteiger partial charge >= 0.3 is 0 Å². The van der Waals surface area contributed by atoms with Gasteiger partial charge in [0.25, 0.3) is 0 Å². The molecule has 0 amide bonds. The Bertz CT molecular complexity index is 688. The number of pyridine rings is 1. The molecule has 0 bridgehead atoms. The average molecular weight is 328 g/mol. The van der Waals surface area contributed by atoms with Crippen LogP contribution < -0.4 is 0 Å². The molecule has 0 radical (unpaired) electrons. The smallest absolute Gasteiger partial charge is 0.150 e. The molecule has 0 saturated carbocycles. The van der Waals surface area contributed by atoms with Crippen LogP contribution in [-0.4, -0.2) is 60.4 Å². The van der Waals surface area contributed by atoms with E-state index >= 15 is 0 Å². The Kier molecular flexibility index (Phi) is 4.30. The second-order valence-corrected chi connectivity index (χ2v) is 6.69. The quantitative estimate of drug-likeness (QED) is 0.896. The summed E-state index contributed by atoms with van der Waals surface area (Å²) in [4.78, 5) is 8.77. The van der Waals surface area contributed by atoms with Gasteiger partial charge in [-0.25, -0.2) is 0 Å². The molecule has 0 spiro atoms. The van der Waals surface area contributed by atoms with Crippen LogP contribution >= 0.6 is 0 Å². The molecule has 24 heavy (non-hydrogen) atoms. The molecule has 7 nitrogen and oxygen atoms in total. The average Bonchev–Trinajstić information content (AvgIpc) is 3.18. The maximum absolute atomic E-state index is 10.2. The van der Waals surface area contributed by atoms with Crippen molar-refractivity contribution in [2.24, 2.45) is 0 Å². The first kappa shape index (κ1) is 15.7. The van der Waals surface area contributed by atoms with Crippen LogP contribution in [-0.2, 0) is 19.6 Å². The minimum Gasteiger partial charge on any atom is -0.392 e. The fourth-order valence-corrected chi connectivity index (χ4v) is 3.79. The molecule has 1 fully saturated rings. The monoisotopic (exact) mass is 328 g/mol. The first-order valence-corrected chi connectivity index (χ1v) is 8.70. The van der Waals surface area contributed by atoms with Gasteiger partial charge in [-0.3, -0.25) is 14.8 Å². The van der Waals surface area contributed by atoms with Gasteiger partial charge in [-0.15, -0.1) is 10.2 Å². The predicted molar refractivity (Wildman–Crippen MR) is 89.0 cm³/mol. The van der Waals surface area contributed by atoms with Crippen molar-refractivity contribution < 1.29 is 5.11 Å². The number of hydrogen-bond donors (Lipinski definition) is 1. The number of aliphatic hydroxyl groups is 1. The highest BCUT2D eigenvalue weighted by molar-refractivity contribution is 5.13. The Morgan fingerprint density at radius 3 is 2.83 bits per heavy atom. The number of rotatable bonds is 4. The van der Waals surface area contributed by atoms with E-state index in [0.717, 1.165) is 50.8 Å². The van der Waals surface area contributed by atoms with E-state index < -0.39 is 0 Å². The van der Waals surface area contributed by atoms with E-state index in [1.54, 1.807) is 0 Å². The number of aromatic nitrogens is 4. The van der Waals surface area contributed by atoms with Gasteiger partial charge < -0.3 is 9.67 Å². The molecule has 0 aromatic carbocycles. The lowest BCUT2D eigenvalue weighted by Gasteiger charge is -2.29. The highest BCUT2D eigenvalue weighted by atomic mass is 16.3. The van der Waals surface area contributed by atoms with E-state index in [1.165, 1.54) is 5.56 Å². The Hall–Kier alpha value is -1.83. The lowest BCUT2D eigenvalue weighted by Crippen LogP contribution is -2.35. The largest absolute Gasteiger partial charge is 0.392 e. The molecule has 2 aliphatic rings. The molecule has 128 valence electrons. The van der Waals surface area contributed by atoms with Gasteiger partial charge in [-0.1, -0.05) is 6.92 Å². The lowest BCUT2D eigenvalue weighted by molar-refractivity contribution is 0.171. The SMILES string of the molecule is CCN1CCn2c(nnc2[C@@H]2C[C@@H](O)CN2Cc2ccncc2)C1. The zero-order valence-corrected chi connectivity index (χ0v) is 14.0. The Labute approximate surface area is 141 Å². The Balaban J connectivity index is 1.57. The van der Waals surface area contributed by atoms with E-state index in [4.69, 9.17) is 0 Å². The minimum atomic E-state index is -0.305. The highest BCUT2D eigenvalue weighted by Gasteiger charge is 2.36. The second kappa shape index (κ2) is 6.58. The number of likely N-dealkylation sites (tertiary alicyclic amines) is 1. The van der Waals surface area contributed by atoms with Gasteiger partial charge in [0.05, 0.1) is 18.7 Å². The predicted octanol–water partition coefficient (Wildman–Crippen LogP) is 0.816. The summed E-state index contributed by atoms with van der Waals surface area (Å²) in [6, 6.07) is 4.18. The van der Waals surface area contributed by atoms with Crippen LogP contribution in [0.1, 0.15) is 36.6 Å². The molecule has 4 rings (SSSR count). The van der Waals surface area contributed by atoms with Crippen LogP contribution in [0.5, 0.6) is 0 Å². The summed E-state index contributed by atoms with van der Waals surface area (Å²) in [7, 11) is 0. The molecule has 4 heterocycles. The molecule has 1 saturated heterocycles. The maximum Gasteiger partial charge on any atom is 0.150 e. The van der Waals surface area contributed by atoms with Crippen molar-refractivity contribution in [3.8, 4) is 0 Å². The Morgan fingerprint density at radius 2 is 2.04 bits per heavy atom. The molecule has 1 N–H and O–H groups in total. The fourth-order valence-electron chi connectivity index (χ4n) is 3.79. The van der Waals surface area contributed by atoms with Crippen molar-refractivity contribution in [3.05, 3.63) is 41.7 Å². The summed E-state index contributed by atoms with van der Waals surface area (Å²) in [6.45, 7) is 7.53. The number of β-amino-alcohol motifs (C(OH)–C–C–N with tert-alkyl or cyclic N) is 1. The normalized spacial score (nSPS) is 25.1. The van der Waals surface area contributed by atoms with Crippen molar-refractivity contribution in [1.29, 1.82) is 0 Å². The zero-order valence-electron chi connectivity index (χ0n) is 14.0. The summed E-state index contributed by atoms with van der Waals surface area (Å²) >= 11 is 0. The summed E-state index contributed by atoms with van der Waals surface area (Å²) in [5, 5.41) is 19.1. The van der Waals surface area contributed by atoms with Crippen LogP contribution in [0.2, 0.25) is 0 Å². The number of nitrogens with zero attached hydrogens (tertiary/aromatic N) is 6. The number of likely N-dealkylation sites (N-methyl/N-ethyl adjacent to an activating group) is 1. The van der Waals surface area contributed by atoms with Crippen molar-refractivity contribution in [2.75, 3.05) is 19.6 Å². The van der Waals surface area contributed by atoms with Gasteiger partial charge in [0, 0.05) is 38.6 Å². The van der Waals surface area contributed by atoms with E-state index in [1.807, 2.05) is 24.5 Å². The minimum absolute atomic E-state index is 0.127. The van der Waals surface area contributed by atoms with Gasteiger partial charge in [-0.05, 0) is 30.7 Å². The molecule has 2 aromatic heterocycles. The molecule has 7 heteroatoms. The number of fused-ring (bicyclic) bond motifs is 1. The standard InChI is InChI=1S/C17H24N6O/c1-2-21-7-8-23-16(12-21)19-20-17(23)15-9-14(24)11-22(15)10-13-3-5-18-6-4-13/h3-6,14-15,24H,2,7-12H2,1H3/t14-,15+/m1/s1. The van der Waals surface area contributed by atoms with Crippen molar-refractivity contribution in [1.82, 2.24) is 29.5 Å². The van der Waals surface area contributed by atoms with Crippen molar-refractivity contribution in [3.63, 3.8) is 0 Å². The topological polar surface area (TPSA) is 70.3 Å². The molecule has 0 aliphatic carbocycles. The third-order valence-corrected chi connectivity index (χ3v) is 5.12. The lowest BCUT2D eigenvalue weighted by atomic mass is 10.1. The summed E-state index contributed by atoms with van der Waals surface area (Å²) in [6.07, 6.45) is 4.05. The highest BCUT2D eigenvalue weighted by Crippen LogP contribution is 2.33. The van der Waals surface area contributed by atoms with Crippen molar-refractivity contribution in [2.45, 2.75) is 45.1 Å². The van der Waals surface area contributed by atoms with Gasteiger partial charge in [-0.2, -0.15) is 0 Å². The molecular formula is C17H24N6O. The van der Waals surface area contributed by atoms with Crippen LogP contribution in [0.15, 0.2) is 24.5 Å². The van der Waals surface area contributed by atoms with Crippen molar-refractivity contribution >= 4 is 0 Å². The Morgan fingerprint density at radius 1 is 1.21 bits per heavy atom. The van der Waals surface area contributed by atoms with Gasteiger partial charge in [0.1, 0.15) is 5.82 Å². The zero-order chi connectivity index (χ0) is 16.5. The van der Waals surface area contributed by atoms with E-state index in [-0.39, 0.29) is 12.1 Å². The first-order chi connectivity index (χ1) is 11.7. The van der Waals surface area contributed by atoms with E-state index in [9.17, 15) is 5.11 Å². The molecule has 2 aromatic rings. The maximum atomic E-state index is 10.2. The number of aliphatic hydroxyl groups excluding tert-OH is 1. The first-order valence-electron chi connectivity index (χ1n) is 8.70. The molecule has 2 aliphatic heterocycles. The third kappa shape index (κ3) is 2.94. The third-order valence-electron chi connectivity index (χ3n) is 5.12. The van der Waals surface area contributed by atoms with Crippen LogP contribution in [0.25, 0.3) is 0 Å². The number of hydrogen-bond acceptors (Lipinski definition) is 6. The summed E-state index contributed by atoms with van der Waals surface area (Å²) in [5.74, 6) is 2.05. The van der Waals surface area contributed by atoms with Gasteiger partial charge in [0.15, 0.2) is 5.82 Å². The summed E-state index contributed by atoms with van der Waals surface area (Å²) in [5.41, 5.74) is 1.21. The molecule has 0 unspecified atom stereocenters. The molecule has 2 atom stereocenters. The van der Waals surface area contributed by atoms with Crippen LogP contribution in [0.3, 0.4) is 0 Å². The molecular weight excluding hydrogens is 304 g/mol. The van der Waals surface area contributed by atoms with Crippen LogP contribution in [0.4, 0.5) is 0 Å². The van der Waals surface area contributed by atoms with E-state index in [2.05, 4.69) is 36.5 Å². The van der Waals surface area contributed by atoms with Gasteiger partial charge in [0.2, 0.25) is 0 Å².